The molecule has 0 spiro atoms. The minimum absolute atomic E-state index is 0.397. The maximum Gasteiger partial charge on any atom is 0.338 e. The van der Waals surface area contributed by atoms with Gasteiger partial charge in [-0.1, -0.05) is 42.4 Å². The van der Waals surface area contributed by atoms with Crippen LogP contribution in [0.5, 0.6) is 0 Å². The third kappa shape index (κ3) is 3.27. The van der Waals surface area contributed by atoms with Gasteiger partial charge in [-0.15, -0.1) is 0 Å². The van der Waals surface area contributed by atoms with E-state index in [1.807, 2.05) is 0 Å². The predicted octanol–water partition coefficient (Wildman–Crippen LogP) is 3.08. The van der Waals surface area contributed by atoms with Crippen LogP contribution in [0.25, 0.3) is 10.2 Å². The molecule has 0 bridgehead atoms. The van der Waals surface area contributed by atoms with Crippen LogP contribution in [-0.2, 0) is 0 Å². The van der Waals surface area contributed by atoms with Crippen molar-refractivity contribution in [1.82, 2.24) is 10.3 Å². The number of imide groups is 1. The van der Waals surface area contributed by atoms with Crippen molar-refractivity contribution in [2.75, 3.05) is 10.0 Å². The van der Waals surface area contributed by atoms with Gasteiger partial charge < -0.3 is 5.73 Å². The summed E-state index contributed by atoms with van der Waals surface area (Å²) in [5.41, 5.74) is 7.32. The van der Waals surface area contributed by atoms with E-state index in [1.165, 1.54) is 11.3 Å². The van der Waals surface area contributed by atoms with Crippen LogP contribution in [0.4, 0.5) is 15.6 Å². The van der Waals surface area contributed by atoms with Gasteiger partial charge in [0.15, 0.2) is 5.13 Å². The van der Waals surface area contributed by atoms with Gasteiger partial charge in [-0.3, -0.25) is 10.1 Å². The molecule has 1 aromatic heterocycles. The van der Waals surface area contributed by atoms with E-state index in [0.29, 0.717) is 16.4 Å². The summed E-state index contributed by atoms with van der Waals surface area (Å²) in [5, 5.41) is 2.73. The molecule has 3 rings (SSSR count). The third-order valence-corrected chi connectivity index (χ3v) is 4.34. The van der Waals surface area contributed by atoms with Gasteiger partial charge in [-0.25, -0.2) is 14.1 Å². The van der Waals surface area contributed by atoms with E-state index in [2.05, 4.69) is 23.1 Å². The van der Waals surface area contributed by atoms with E-state index in [1.54, 1.807) is 48.5 Å². The number of nitrogens with one attached hydrogen (secondary N) is 1. The molecule has 3 N–H and O–H groups in total. The van der Waals surface area contributed by atoms with Crippen LogP contribution in [0.3, 0.4) is 0 Å². The summed E-state index contributed by atoms with van der Waals surface area (Å²) in [6.07, 6.45) is 0. The zero-order valence-corrected chi connectivity index (χ0v) is 13.5. The number of hydrogen-bond acceptors (Lipinski definition) is 6. The Morgan fingerprint density at radius 1 is 1.17 bits per heavy atom. The van der Waals surface area contributed by atoms with E-state index in [-0.39, 0.29) is 0 Å². The number of urea groups is 1. The number of carbonyl (C=O) groups is 2. The number of thiol groups is 1. The average Bonchev–Trinajstić information content (AvgIpc) is 2.93. The molecule has 116 valence electrons. The molecule has 8 heteroatoms. The monoisotopic (exact) mass is 344 g/mol. The Labute approximate surface area is 141 Å². The first-order valence-corrected chi connectivity index (χ1v) is 7.81. The molecule has 0 fully saturated rings. The van der Waals surface area contributed by atoms with Crippen LogP contribution in [0, 0.1) is 0 Å². The van der Waals surface area contributed by atoms with Crippen molar-refractivity contribution in [3.05, 3.63) is 54.1 Å². The first-order valence-electron chi connectivity index (χ1n) is 6.60. The zero-order chi connectivity index (χ0) is 16.4. The molecule has 6 nitrogen and oxygen atoms in total. The van der Waals surface area contributed by atoms with Crippen molar-refractivity contribution in [2.45, 2.75) is 0 Å². The summed E-state index contributed by atoms with van der Waals surface area (Å²) >= 11 is 5.47. The number of anilines is 2. The molecular formula is C15H12N4O2S2. The molecule has 0 saturated carbocycles. The number of nitrogens with zero attached hydrogens (tertiary/aromatic N) is 2. The van der Waals surface area contributed by atoms with E-state index in [9.17, 15) is 9.59 Å². The fourth-order valence-electron chi connectivity index (χ4n) is 1.99. The molecule has 0 unspecified atom stereocenters. The molecule has 23 heavy (non-hydrogen) atoms. The van der Waals surface area contributed by atoms with Crippen LogP contribution in [0.2, 0.25) is 0 Å². The lowest BCUT2D eigenvalue weighted by molar-refractivity contribution is 0.0966. The van der Waals surface area contributed by atoms with E-state index in [4.69, 9.17) is 5.73 Å². The maximum atomic E-state index is 12.1. The van der Waals surface area contributed by atoms with Gasteiger partial charge in [0.05, 0.1) is 15.9 Å². The Morgan fingerprint density at radius 2 is 1.91 bits per heavy atom. The highest BCUT2D eigenvalue weighted by Crippen LogP contribution is 2.28. The molecule has 2 aromatic carbocycles. The first kappa shape index (κ1) is 15.3. The minimum Gasteiger partial charge on any atom is -0.375 e. The molecule has 0 aliphatic heterocycles. The normalized spacial score (nSPS) is 10.5. The van der Waals surface area contributed by atoms with Crippen LogP contribution >= 0.6 is 24.2 Å². The van der Waals surface area contributed by atoms with Crippen LogP contribution in [0.1, 0.15) is 10.4 Å². The van der Waals surface area contributed by atoms with E-state index < -0.39 is 11.9 Å². The molecule has 0 radical (unpaired) electrons. The first-order chi connectivity index (χ1) is 11.0. The van der Waals surface area contributed by atoms with Gasteiger partial charge in [0, 0.05) is 5.56 Å². The second kappa shape index (κ2) is 6.27. The molecule has 1 heterocycles. The quantitative estimate of drug-likeness (QED) is 0.623. The second-order valence-corrected chi connectivity index (χ2v) is 6.10. The predicted molar refractivity (Wildman–Crippen MR) is 94.8 cm³/mol. The molecule has 0 saturated heterocycles. The van der Waals surface area contributed by atoms with Gasteiger partial charge in [0.2, 0.25) is 0 Å². The number of benzene rings is 2. The Kier molecular flexibility index (Phi) is 4.18. The summed E-state index contributed by atoms with van der Waals surface area (Å²) in [7, 11) is 0. The zero-order valence-electron chi connectivity index (χ0n) is 11.8. The summed E-state index contributed by atoms with van der Waals surface area (Å²) < 4.78 is 1.90. The number of amides is 3. The maximum absolute atomic E-state index is 12.1. The summed E-state index contributed by atoms with van der Waals surface area (Å²) in [5.74, 6) is -0.488. The standard InChI is InChI=1S/C15H12N4O2S2/c16-14-17-11-7-6-10(8-12(11)23-14)19(22)15(21)18-13(20)9-4-2-1-3-5-9/h1-8,22H,(H2,16,17)(H,18,20,21). The van der Waals surface area contributed by atoms with Crippen molar-refractivity contribution in [3.63, 3.8) is 0 Å². The number of carbonyl (C=O) groups excluding carboxylic acids is 2. The fourth-order valence-corrected chi connectivity index (χ4v) is 2.93. The van der Waals surface area contributed by atoms with Gasteiger partial charge in [-0.05, 0) is 30.3 Å². The highest BCUT2D eigenvalue weighted by atomic mass is 32.1. The lowest BCUT2D eigenvalue weighted by Crippen LogP contribution is -2.38. The Bertz CT molecular complexity index is 880. The number of thiazole rings is 1. The largest absolute Gasteiger partial charge is 0.375 e. The molecule has 3 amide bonds. The molecule has 0 atom stereocenters. The van der Waals surface area contributed by atoms with Crippen molar-refractivity contribution in [3.8, 4) is 0 Å². The Hall–Kier alpha value is -2.58. The van der Waals surface area contributed by atoms with E-state index >= 15 is 0 Å². The summed E-state index contributed by atoms with van der Waals surface area (Å²) in [4.78, 5) is 28.3. The van der Waals surface area contributed by atoms with E-state index in [0.717, 1.165) is 14.5 Å². The average molecular weight is 344 g/mol. The van der Waals surface area contributed by atoms with Crippen LogP contribution in [-0.4, -0.2) is 16.9 Å². The second-order valence-electron chi connectivity index (χ2n) is 4.64. The number of nitrogen functional groups attached to an aromatic ring is 1. The highest BCUT2D eigenvalue weighted by molar-refractivity contribution is 7.82. The lowest BCUT2D eigenvalue weighted by atomic mass is 10.2. The van der Waals surface area contributed by atoms with Crippen LogP contribution < -0.4 is 15.4 Å². The van der Waals surface area contributed by atoms with Crippen molar-refractivity contribution >= 4 is 57.1 Å². The SMILES string of the molecule is Nc1nc2ccc(N(S)C(=O)NC(=O)c3ccccc3)cc2s1. The van der Waals surface area contributed by atoms with Crippen molar-refractivity contribution in [2.24, 2.45) is 0 Å². The van der Waals surface area contributed by atoms with Gasteiger partial charge in [-0.2, -0.15) is 0 Å². The topological polar surface area (TPSA) is 88.3 Å². The molecule has 0 aliphatic carbocycles. The Morgan fingerprint density at radius 3 is 2.65 bits per heavy atom. The molecule has 3 aromatic rings. The third-order valence-electron chi connectivity index (χ3n) is 3.08. The highest BCUT2D eigenvalue weighted by Gasteiger charge is 2.17. The number of hydrogen-bond donors (Lipinski definition) is 3. The smallest absolute Gasteiger partial charge is 0.338 e. The van der Waals surface area contributed by atoms with Crippen molar-refractivity contribution < 1.29 is 9.59 Å². The van der Waals surface area contributed by atoms with Gasteiger partial charge in [0.1, 0.15) is 0 Å². The summed E-state index contributed by atoms with van der Waals surface area (Å²) in [6, 6.07) is 13.0. The number of rotatable bonds is 2. The van der Waals surface area contributed by atoms with Gasteiger partial charge >= 0.3 is 6.03 Å². The minimum atomic E-state index is -0.640. The number of fused-ring (bicyclic) bond motifs is 1. The molecule has 0 aliphatic rings. The molecular weight excluding hydrogens is 332 g/mol. The van der Waals surface area contributed by atoms with Crippen LogP contribution in [0.15, 0.2) is 48.5 Å². The number of nitrogens with two attached hydrogens (primary N) is 1. The Balaban J connectivity index is 1.76. The van der Waals surface area contributed by atoms with Gasteiger partial charge in [0.25, 0.3) is 5.91 Å². The summed E-state index contributed by atoms with van der Waals surface area (Å²) in [6.45, 7) is 0. The number of aromatic nitrogens is 1. The fraction of sp³-hybridized carbons (Fsp3) is 0. The lowest BCUT2D eigenvalue weighted by Gasteiger charge is -2.15. The van der Waals surface area contributed by atoms with Crippen molar-refractivity contribution in [1.29, 1.82) is 0 Å².